The number of anilines is 1. The van der Waals surface area contributed by atoms with Crippen molar-refractivity contribution in [3.05, 3.63) is 71.4 Å². The highest BCUT2D eigenvalue weighted by molar-refractivity contribution is 7.17. The third kappa shape index (κ3) is 5.42. The van der Waals surface area contributed by atoms with Gasteiger partial charge in [0.25, 0.3) is 0 Å². The van der Waals surface area contributed by atoms with Crippen LogP contribution >= 0.6 is 11.3 Å². The molecule has 4 rings (SSSR count). The molecule has 0 bridgehead atoms. The van der Waals surface area contributed by atoms with E-state index in [1.165, 1.54) is 22.0 Å². The van der Waals surface area contributed by atoms with Crippen LogP contribution in [0.5, 0.6) is 5.75 Å². The van der Waals surface area contributed by atoms with Gasteiger partial charge in [-0.15, -0.1) is 11.3 Å². The molecule has 0 radical (unpaired) electrons. The van der Waals surface area contributed by atoms with Crippen LogP contribution in [0, 0.1) is 0 Å². The number of aromatic nitrogens is 2. The average molecular weight is 448 g/mol. The number of hydrogen-bond acceptors (Lipinski definition) is 6. The number of thiophene rings is 1. The number of fused-ring (bicyclic) bond motifs is 1. The zero-order chi connectivity index (χ0) is 22.3. The Morgan fingerprint density at radius 1 is 1.12 bits per heavy atom. The van der Waals surface area contributed by atoms with Crippen LogP contribution in [0.2, 0.25) is 0 Å². The summed E-state index contributed by atoms with van der Waals surface area (Å²) < 4.78 is 7.10. The van der Waals surface area contributed by atoms with E-state index in [4.69, 9.17) is 9.84 Å². The van der Waals surface area contributed by atoms with Crippen LogP contribution in [0.15, 0.2) is 60.2 Å². The molecule has 2 aromatic carbocycles. The molecule has 2 aromatic heterocycles. The maximum absolute atomic E-state index is 11.2. The summed E-state index contributed by atoms with van der Waals surface area (Å²) in [6.07, 6.45) is 3.20. The number of benzene rings is 2. The van der Waals surface area contributed by atoms with E-state index in [2.05, 4.69) is 44.9 Å². The molecule has 7 heteroatoms. The Morgan fingerprint density at radius 2 is 2.03 bits per heavy atom. The van der Waals surface area contributed by atoms with Gasteiger partial charge in [0.15, 0.2) is 0 Å². The molecule has 0 aliphatic rings. The molecule has 0 saturated carbocycles. The number of rotatable bonds is 10. The number of carboxylic acid groups (broad SMARTS) is 1. The maximum atomic E-state index is 11.2. The molecular weight excluding hydrogens is 422 g/mol. The van der Waals surface area contributed by atoms with E-state index in [-0.39, 0.29) is 6.42 Å². The average Bonchev–Trinajstić information content (AvgIpc) is 3.26. The summed E-state index contributed by atoms with van der Waals surface area (Å²) in [5.74, 6) is 0.451. The molecule has 0 unspecified atom stereocenters. The van der Waals surface area contributed by atoms with E-state index < -0.39 is 5.97 Å². The van der Waals surface area contributed by atoms with Crippen molar-refractivity contribution in [3.8, 4) is 17.0 Å². The minimum Gasteiger partial charge on any atom is -0.493 e. The lowest BCUT2D eigenvalue weighted by molar-refractivity contribution is -0.136. The predicted molar refractivity (Wildman–Crippen MR) is 129 cm³/mol. The number of carboxylic acids is 1. The summed E-state index contributed by atoms with van der Waals surface area (Å²) in [7, 11) is 0. The van der Waals surface area contributed by atoms with E-state index in [0.29, 0.717) is 17.9 Å². The van der Waals surface area contributed by atoms with Crippen LogP contribution in [-0.4, -0.2) is 34.2 Å². The molecular formula is C25H25N3O3S. The molecule has 0 saturated heterocycles. The second-order valence-electron chi connectivity index (χ2n) is 7.50. The molecule has 0 fully saturated rings. The van der Waals surface area contributed by atoms with Crippen molar-refractivity contribution in [3.63, 3.8) is 0 Å². The molecule has 164 valence electrons. The number of ether oxygens (including phenoxy) is 1. The summed E-state index contributed by atoms with van der Waals surface area (Å²) >= 11 is 1.75. The van der Waals surface area contributed by atoms with Gasteiger partial charge >= 0.3 is 5.97 Å². The fraction of sp³-hybridized carbons (Fsp3) is 0.240. The highest BCUT2D eigenvalue weighted by Crippen LogP contribution is 2.28. The zero-order valence-corrected chi connectivity index (χ0v) is 18.7. The number of carbonyl (C=O) groups is 1. The summed E-state index contributed by atoms with van der Waals surface area (Å²) in [5.41, 5.74) is 3.55. The fourth-order valence-electron chi connectivity index (χ4n) is 3.49. The summed E-state index contributed by atoms with van der Waals surface area (Å²) in [5, 5.41) is 15.9. The number of aliphatic carboxylic acids is 1. The summed E-state index contributed by atoms with van der Waals surface area (Å²) in [4.78, 5) is 19.9. The molecule has 32 heavy (non-hydrogen) atoms. The number of nitrogens with zero attached hydrogens (tertiary/aromatic N) is 2. The van der Waals surface area contributed by atoms with Crippen molar-refractivity contribution in [2.24, 2.45) is 0 Å². The first-order valence-electron chi connectivity index (χ1n) is 10.6. The lowest BCUT2D eigenvalue weighted by atomic mass is 10.1. The van der Waals surface area contributed by atoms with E-state index in [1.807, 2.05) is 25.1 Å². The van der Waals surface area contributed by atoms with Gasteiger partial charge < -0.3 is 15.2 Å². The standard InChI is InChI=1S/C25H25N3O3S/c1-2-10-31-22-13-18(4-5-19(22)14-25(29)30)21-15-24(28-16-27-21)26-9-7-17-3-6-23-20(12-17)8-11-32-23/h3-6,8,11-13,15-16H,2,7,9-10,14H2,1H3,(H,29,30)(H,26,27,28). The van der Waals surface area contributed by atoms with E-state index in [9.17, 15) is 4.79 Å². The Balaban J connectivity index is 1.46. The highest BCUT2D eigenvalue weighted by atomic mass is 32.1. The van der Waals surface area contributed by atoms with Crippen LogP contribution in [0.1, 0.15) is 24.5 Å². The van der Waals surface area contributed by atoms with Gasteiger partial charge in [-0.1, -0.05) is 31.2 Å². The molecule has 2 heterocycles. The van der Waals surface area contributed by atoms with Gasteiger partial charge in [0.05, 0.1) is 18.7 Å². The third-order valence-corrected chi connectivity index (χ3v) is 5.97. The van der Waals surface area contributed by atoms with Gasteiger partial charge in [-0.2, -0.15) is 0 Å². The summed E-state index contributed by atoms with van der Waals surface area (Å²) in [6.45, 7) is 3.31. The van der Waals surface area contributed by atoms with Crippen molar-refractivity contribution < 1.29 is 14.6 Å². The van der Waals surface area contributed by atoms with Crippen molar-refractivity contribution >= 4 is 33.2 Å². The Morgan fingerprint density at radius 3 is 2.88 bits per heavy atom. The first-order chi connectivity index (χ1) is 15.6. The lowest BCUT2D eigenvalue weighted by Crippen LogP contribution is -2.07. The van der Waals surface area contributed by atoms with Crippen molar-refractivity contribution in [1.82, 2.24) is 9.97 Å². The maximum Gasteiger partial charge on any atom is 0.307 e. The van der Waals surface area contributed by atoms with Gasteiger partial charge in [0, 0.05) is 28.4 Å². The van der Waals surface area contributed by atoms with E-state index >= 15 is 0 Å². The van der Waals surface area contributed by atoms with E-state index in [1.54, 1.807) is 17.4 Å². The quantitative estimate of drug-likeness (QED) is 0.337. The van der Waals surface area contributed by atoms with Gasteiger partial charge in [-0.3, -0.25) is 4.79 Å². The predicted octanol–water partition coefficient (Wildman–Crippen LogP) is 5.43. The molecule has 6 nitrogen and oxygen atoms in total. The Labute approximate surface area is 190 Å². The molecule has 0 aliphatic carbocycles. The van der Waals surface area contributed by atoms with Crippen LogP contribution in [0.3, 0.4) is 0 Å². The SMILES string of the molecule is CCCOc1cc(-c2cc(NCCc3ccc4sccc4c3)ncn2)ccc1CC(=O)O. The minimum absolute atomic E-state index is 0.0763. The molecule has 4 aromatic rings. The van der Waals surface area contributed by atoms with E-state index in [0.717, 1.165) is 36.5 Å². The van der Waals surface area contributed by atoms with Crippen LogP contribution in [-0.2, 0) is 17.6 Å². The zero-order valence-electron chi connectivity index (χ0n) is 17.9. The first-order valence-corrected chi connectivity index (χ1v) is 11.5. The van der Waals surface area contributed by atoms with Crippen LogP contribution in [0.25, 0.3) is 21.3 Å². The lowest BCUT2D eigenvalue weighted by Gasteiger charge is -2.12. The van der Waals surface area contributed by atoms with Crippen molar-refractivity contribution in [2.75, 3.05) is 18.5 Å². The smallest absolute Gasteiger partial charge is 0.307 e. The monoisotopic (exact) mass is 447 g/mol. The normalized spacial score (nSPS) is 10.9. The molecule has 0 aliphatic heterocycles. The first kappa shape index (κ1) is 21.8. The Bertz CT molecular complexity index is 1220. The molecule has 0 amide bonds. The van der Waals surface area contributed by atoms with Crippen molar-refractivity contribution in [1.29, 1.82) is 0 Å². The third-order valence-electron chi connectivity index (χ3n) is 5.07. The van der Waals surface area contributed by atoms with Gasteiger partial charge in [0.2, 0.25) is 0 Å². The minimum atomic E-state index is -0.884. The van der Waals surface area contributed by atoms with Gasteiger partial charge in [0.1, 0.15) is 17.9 Å². The fourth-order valence-corrected chi connectivity index (χ4v) is 4.26. The second kappa shape index (κ2) is 10.2. The number of hydrogen-bond donors (Lipinski definition) is 2. The largest absolute Gasteiger partial charge is 0.493 e. The van der Waals surface area contributed by atoms with Crippen LogP contribution < -0.4 is 10.1 Å². The second-order valence-corrected chi connectivity index (χ2v) is 8.45. The molecule has 2 N–H and O–H groups in total. The summed E-state index contributed by atoms with van der Waals surface area (Å²) in [6, 6.07) is 16.1. The van der Waals surface area contributed by atoms with Gasteiger partial charge in [-0.25, -0.2) is 9.97 Å². The molecule has 0 spiro atoms. The number of nitrogens with one attached hydrogen (secondary N) is 1. The Kier molecular flexibility index (Phi) is 6.97. The highest BCUT2D eigenvalue weighted by Gasteiger charge is 2.11. The Hall–Kier alpha value is -3.45. The van der Waals surface area contributed by atoms with Crippen molar-refractivity contribution in [2.45, 2.75) is 26.2 Å². The molecule has 0 atom stereocenters. The van der Waals surface area contributed by atoms with Gasteiger partial charge in [-0.05, 0) is 47.4 Å². The topological polar surface area (TPSA) is 84.3 Å². The van der Waals surface area contributed by atoms with Crippen LogP contribution in [0.4, 0.5) is 5.82 Å².